The lowest BCUT2D eigenvalue weighted by molar-refractivity contribution is 0.0935. The number of primary amides is 1. The van der Waals surface area contributed by atoms with Gasteiger partial charge in [-0.15, -0.1) is 0 Å². The highest BCUT2D eigenvalue weighted by Gasteiger charge is 2.20. The SMILES string of the molecule is CC(C)(C)c1ccccc1C(=O)NNC(N)=O. The maximum Gasteiger partial charge on any atom is 0.330 e. The van der Waals surface area contributed by atoms with E-state index < -0.39 is 6.03 Å². The predicted molar refractivity (Wildman–Crippen MR) is 65.3 cm³/mol. The smallest absolute Gasteiger partial charge is 0.330 e. The van der Waals surface area contributed by atoms with Gasteiger partial charge in [-0.05, 0) is 17.0 Å². The maximum absolute atomic E-state index is 11.8. The van der Waals surface area contributed by atoms with Gasteiger partial charge in [0.15, 0.2) is 0 Å². The maximum atomic E-state index is 11.8. The van der Waals surface area contributed by atoms with Gasteiger partial charge in [0.25, 0.3) is 5.91 Å². The molecule has 3 amide bonds. The second kappa shape index (κ2) is 4.86. The van der Waals surface area contributed by atoms with Crippen LogP contribution < -0.4 is 16.6 Å². The lowest BCUT2D eigenvalue weighted by atomic mass is 9.83. The first-order valence-electron chi connectivity index (χ1n) is 5.27. The molecule has 0 aliphatic heterocycles. The Hall–Kier alpha value is -2.04. The molecule has 0 aliphatic carbocycles. The van der Waals surface area contributed by atoms with Crippen molar-refractivity contribution in [1.29, 1.82) is 0 Å². The van der Waals surface area contributed by atoms with Crippen molar-refractivity contribution in [3.8, 4) is 0 Å². The Kier molecular flexibility index (Phi) is 3.73. The van der Waals surface area contributed by atoms with E-state index in [2.05, 4.69) is 10.9 Å². The average Bonchev–Trinajstić information content (AvgIpc) is 2.24. The largest absolute Gasteiger partial charge is 0.350 e. The first-order valence-corrected chi connectivity index (χ1v) is 5.27. The first-order chi connectivity index (χ1) is 7.82. The molecule has 0 bridgehead atoms. The zero-order chi connectivity index (χ0) is 13.1. The zero-order valence-electron chi connectivity index (χ0n) is 10.2. The van der Waals surface area contributed by atoms with E-state index in [1.807, 2.05) is 32.9 Å². The number of nitrogens with two attached hydrogens (primary N) is 1. The quantitative estimate of drug-likeness (QED) is 0.641. The normalized spacial score (nSPS) is 10.8. The molecule has 17 heavy (non-hydrogen) atoms. The van der Waals surface area contributed by atoms with E-state index in [1.54, 1.807) is 12.1 Å². The van der Waals surface area contributed by atoms with Crippen molar-refractivity contribution in [2.24, 2.45) is 5.73 Å². The van der Waals surface area contributed by atoms with Gasteiger partial charge in [0.2, 0.25) is 0 Å². The van der Waals surface area contributed by atoms with Crippen LogP contribution in [0.15, 0.2) is 24.3 Å². The van der Waals surface area contributed by atoms with E-state index in [1.165, 1.54) is 0 Å². The van der Waals surface area contributed by atoms with Crippen molar-refractivity contribution in [3.63, 3.8) is 0 Å². The van der Waals surface area contributed by atoms with Crippen molar-refractivity contribution in [2.45, 2.75) is 26.2 Å². The van der Waals surface area contributed by atoms with Gasteiger partial charge < -0.3 is 5.73 Å². The highest BCUT2D eigenvalue weighted by molar-refractivity contribution is 5.96. The first kappa shape index (κ1) is 13.0. The Bertz CT molecular complexity index is 436. The van der Waals surface area contributed by atoms with Gasteiger partial charge in [-0.25, -0.2) is 10.2 Å². The van der Waals surface area contributed by atoms with E-state index in [4.69, 9.17) is 5.73 Å². The van der Waals surface area contributed by atoms with Crippen molar-refractivity contribution in [3.05, 3.63) is 35.4 Å². The van der Waals surface area contributed by atoms with Crippen molar-refractivity contribution < 1.29 is 9.59 Å². The van der Waals surface area contributed by atoms with Crippen LogP contribution >= 0.6 is 0 Å². The molecule has 0 fully saturated rings. The Morgan fingerprint density at radius 3 is 2.24 bits per heavy atom. The third-order valence-corrected chi connectivity index (χ3v) is 2.28. The van der Waals surface area contributed by atoms with Crippen LogP contribution in [0, 0.1) is 0 Å². The monoisotopic (exact) mass is 235 g/mol. The van der Waals surface area contributed by atoms with Crippen molar-refractivity contribution in [2.75, 3.05) is 0 Å². The number of hydrogen-bond acceptors (Lipinski definition) is 2. The number of hydrogen-bond donors (Lipinski definition) is 3. The lowest BCUT2D eigenvalue weighted by Gasteiger charge is -2.22. The summed E-state index contributed by atoms with van der Waals surface area (Å²) < 4.78 is 0. The summed E-state index contributed by atoms with van der Waals surface area (Å²) in [5.74, 6) is -0.380. The number of rotatable bonds is 1. The van der Waals surface area contributed by atoms with Crippen molar-refractivity contribution >= 4 is 11.9 Å². The summed E-state index contributed by atoms with van der Waals surface area (Å²) in [7, 11) is 0. The van der Waals surface area contributed by atoms with Crippen molar-refractivity contribution in [1.82, 2.24) is 10.9 Å². The fourth-order valence-electron chi connectivity index (χ4n) is 1.52. The van der Waals surface area contributed by atoms with E-state index in [0.29, 0.717) is 5.56 Å². The number of carbonyl (C=O) groups excluding carboxylic acids is 2. The molecule has 0 spiro atoms. The summed E-state index contributed by atoms with van der Waals surface area (Å²) >= 11 is 0. The highest BCUT2D eigenvalue weighted by atomic mass is 16.2. The molecule has 92 valence electrons. The van der Waals surface area contributed by atoms with Crippen LogP contribution in [0.3, 0.4) is 0 Å². The Balaban J connectivity index is 2.98. The summed E-state index contributed by atoms with van der Waals surface area (Å²) in [6.45, 7) is 6.04. The summed E-state index contributed by atoms with van der Waals surface area (Å²) in [6.07, 6.45) is 0. The van der Waals surface area contributed by atoms with Crippen LogP contribution in [-0.4, -0.2) is 11.9 Å². The summed E-state index contributed by atoms with van der Waals surface area (Å²) in [4.78, 5) is 22.3. The Morgan fingerprint density at radius 1 is 1.12 bits per heavy atom. The molecule has 5 nitrogen and oxygen atoms in total. The van der Waals surface area contributed by atoms with Crippen LogP contribution in [0.2, 0.25) is 0 Å². The number of nitrogens with one attached hydrogen (secondary N) is 2. The predicted octanol–water partition coefficient (Wildman–Crippen LogP) is 1.30. The molecule has 1 aromatic rings. The zero-order valence-corrected chi connectivity index (χ0v) is 10.2. The molecule has 0 atom stereocenters. The van der Waals surface area contributed by atoms with Gasteiger partial charge in [-0.3, -0.25) is 10.2 Å². The minimum absolute atomic E-state index is 0.152. The Morgan fingerprint density at radius 2 is 1.71 bits per heavy atom. The highest BCUT2D eigenvalue weighted by Crippen LogP contribution is 2.25. The van der Waals surface area contributed by atoms with Gasteiger partial charge >= 0.3 is 6.03 Å². The molecule has 0 saturated carbocycles. The number of benzene rings is 1. The minimum atomic E-state index is -0.799. The van der Waals surface area contributed by atoms with Gasteiger partial charge in [0, 0.05) is 5.56 Å². The molecular formula is C12H17N3O2. The van der Waals surface area contributed by atoms with Gasteiger partial charge in [0.05, 0.1) is 0 Å². The molecule has 0 radical (unpaired) electrons. The van der Waals surface area contributed by atoms with Crippen LogP contribution in [0.5, 0.6) is 0 Å². The second-order valence-electron chi connectivity index (χ2n) is 4.74. The van der Waals surface area contributed by atoms with E-state index >= 15 is 0 Å². The number of urea groups is 1. The third-order valence-electron chi connectivity index (χ3n) is 2.28. The van der Waals surface area contributed by atoms with Gasteiger partial charge in [0.1, 0.15) is 0 Å². The summed E-state index contributed by atoms with van der Waals surface area (Å²) in [5, 5.41) is 0. The second-order valence-corrected chi connectivity index (χ2v) is 4.74. The molecule has 0 aromatic heterocycles. The number of carbonyl (C=O) groups is 2. The van der Waals surface area contributed by atoms with E-state index in [-0.39, 0.29) is 11.3 Å². The molecule has 0 unspecified atom stereocenters. The van der Waals surface area contributed by atoms with Gasteiger partial charge in [-0.2, -0.15) is 0 Å². The molecule has 5 heteroatoms. The molecule has 0 heterocycles. The molecule has 0 saturated heterocycles. The third kappa shape index (κ3) is 3.48. The topological polar surface area (TPSA) is 84.2 Å². The molecule has 0 aliphatic rings. The molecular weight excluding hydrogens is 218 g/mol. The van der Waals surface area contributed by atoms with Crippen LogP contribution in [0.4, 0.5) is 4.79 Å². The van der Waals surface area contributed by atoms with Crippen LogP contribution in [0.1, 0.15) is 36.7 Å². The molecule has 1 rings (SSSR count). The lowest BCUT2D eigenvalue weighted by Crippen LogP contribution is -2.45. The fourth-order valence-corrected chi connectivity index (χ4v) is 1.52. The molecule has 1 aromatic carbocycles. The molecule has 4 N–H and O–H groups in total. The van der Waals surface area contributed by atoms with Gasteiger partial charge in [-0.1, -0.05) is 39.0 Å². The number of amides is 3. The van der Waals surface area contributed by atoms with E-state index in [0.717, 1.165) is 5.56 Å². The Labute approximate surface area is 100 Å². The van der Waals surface area contributed by atoms with Crippen LogP contribution in [-0.2, 0) is 5.41 Å². The number of hydrazine groups is 1. The summed E-state index contributed by atoms with van der Waals surface area (Å²) in [6, 6.07) is 6.44. The van der Waals surface area contributed by atoms with Crippen LogP contribution in [0.25, 0.3) is 0 Å². The summed E-state index contributed by atoms with van der Waals surface area (Å²) in [5.41, 5.74) is 10.5. The average molecular weight is 235 g/mol. The standard InChI is InChI=1S/C12H17N3O2/c1-12(2,3)9-7-5-4-6-8(9)10(16)14-15-11(13)17/h4-7H,1-3H3,(H,14,16)(H3,13,15,17). The minimum Gasteiger partial charge on any atom is -0.350 e. The van der Waals surface area contributed by atoms with E-state index in [9.17, 15) is 9.59 Å². The fraction of sp³-hybridized carbons (Fsp3) is 0.333.